The highest BCUT2D eigenvalue weighted by atomic mass is 16.5. The first-order valence-corrected chi connectivity index (χ1v) is 10.9. The van der Waals surface area contributed by atoms with Crippen molar-refractivity contribution in [2.45, 2.75) is 26.7 Å². The molecule has 1 N–H and O–H groups in total. The molecule has 0 radical (unpaired) electrons. The zero-order chi connectivity index (χ0) is 23.1. The lowest BCUT2D eigenvalue weighted by Gasteiger charge is -2.32. The van der Waals surface area contributed by atoms with Crippen LogP contribution >= 0.6 is 0 Å². The molecule has 7 heteroatoms. The van der Waals surface area contributed by atoms with Crippen molar-refractivity contribution < 1.29 is 23.8 Å². The zero-order valence-electron chi connectivity index (χ0n) is 19.3. The van der Waals surface area contributed by atoms with E-state index >= 15 is 0 Å². The van der Waals surface area contributed by atoms with Gasteiger partial charge in [-0.3, -0.25) is 9.59 Å². The van der Waals surface area contributed by atoms with E-state index in [2.05, 4.69) is 5.32 Å². The highest BCUT2D eigenvalue weighted by Crippen LogP contribution is 2.28. The van der Waals surface area contributed by atoms with E-state index in [1.165, 1.54) is 5.56 Å². The minimum Gasteiger partial charge on any atom is -0.493 e. The summed E-state index contributed by atoms with van der Waals surface area (Å²) in [5, 5.41) is 2.95. The van der Waals surface area contributed by atoms with Crippen molar-refractivity contribution in [3.05, 3.63) is 53.1 Å². The lowest BCUT2D eigenvalue weighted by molar-refractivity contribution is -0.123. The quantitative estimate of drug-likeness (QED) is 0.681. The van der Waals surface area contributed by atoms with Gasteiger partial charge in [-0.15, -0.1) is 0 Å². The molecule has 2 amide bonds. The zero-order valence-corrected chi connectivity index (χ0v) is 19.3. The minimum absolute atomic E-state index is 0.000859. The first kappa shape index (κ1) is 23.4. The smallest absolute Gasteiger partial charge is 0.257 e. The molecule has 1 heterocycles. The summed E-state index contributed by atoms with van der Waals surface area (Å²) >= 11 is 0. The molecule has 0 bridgehead atoms. The van der Waals surface area contributed by atoms with E-state index in [1.807, 2.05) is 36.9 Å². The molecule has 0 aromatic heterocycles. The first-order chi connectivity index (χ1) is 15.4. The van der Waals surface area contributed by atoms with Crippen molar-refractivity contribution in [3.8, 4) is 17.2 Å². The maximum absolute atomic E-state index is 12.8. The van der Waals surface area contributed by atoms with E-state index in [0.29, 0.717) is 48.4 Å². The van der Waals surface area contributed by atoms with Gasteiger partial charge in [-0.05, 0) is 74.1 Å². The molecule has 2 aromatic rings. The molecule has 1 aliphatic rings. The number of carbonyl (C=O) groups is 2. The number of rotatable bonds is 8. The van der Waals surface area contributed by atoms with Crippen LogP contribution in [0.3, 0.4) is 0 Å². The summed E-state index contributed by atoms with van der Waals surface area (Å²) in [5.74, 6) is 2.03. The lowest BCUT2D eigenvalue weighted by Crippen LogP contribution is -2.42. The topological polar surface area (TPSA) is 77.1 Å². The molecule has 1 saturated heterocycles. The molecule has 1 aliphatic heterocycles. The number of amides is 2. The summed E-state index contributed by atoms with van der Waals surface area (Å²) in [6, 6.07) is 11.0. The Labute approximate surface area is 189 Å². The van der Waals surface area contributed by atoms with Crippen LogP contribution in [0.25, 0.3) is 0 Å². The van der Waals surface area contributed by atoms with E-state index in [1.54, 1.807) is 32.4 Å². The second-order valence-electron chi connectivity index (χ2n) is 8.14. The fourth-order valence-corrected chi connectivity index (χ4v) is 3.75. The van der Waals surface area contributed by atoms with Gasteiger partial charge in [-0.1, -0.05) is 6.07 Å². The molecule has 172 valence electrons. The van der Waals surface area contributed by atoms with Crippen LogP contribution in [0.4, 0.5) is 0 Å². The largest absolute Gasteiger partial charge is 0.493 e. The summed E-state index contributed by atoms with van der Waals surface area (Å²) in [4.78, 5) is 26.9. The van der Waals surface area contributed by atoms with Gasteiger partial charge >= 0.3 is 0 Å². The summed E-state index contributed by atoms with van der Waals surface area (Å²) in [5.41, 5.74) is 2.91. The molecule has 7 nitrogen and oxygen atoms in total. The van der Waals surface area contributed by atoms with Crippen molar-refractivity contribution in [3.63, 3.8) is 0 Å². The Bertz CT molecular complexity index is 951. The van der Waals surface area contributed by atoms with Gasteiger partial charge in [0.05, 0.1) is 14.2 Å². The number of likely N-dealkylation sites (tertiary alicyclic amines) is 1. The minimum atomic E-state index is -0.132. The fraction of sp³-hybridized carbons (Fsp3) is 0.440. The van der Waals surface area contributed by atoms with Gasteiger partial charge in [0.2, 0.25) is 0 Å². The second kappa shape index (κ2) is 10.9. The van der Waals surface area contributed by atoms with Gasteiger partial charge in [-0.25, -0.2) is 0 Å². The third-order valence-electron chi connectivity index (χ3n) is 5.97. The molecule has 0 unspecified atom stereocenters. The van der Waals surface area contributed by atoms with E-state index < -0.39 is 0 Å². The fourth-order valence-electron chi connectivity index (χ4n) is 3.75. The Morgan fingerprint density at radius 1 is 0.969 bits per heavy atom. The molecule has 2 aromatic carbocycles. The van der Waals surface area contributed by atoms with Crippen molar-refractivity contribution in [1.29, 1.82) is 0 Å². The van der Waals surface area contributed by atoms with Gasteiger partial charge in [0, 0.05) is 25.2 Å². The molecule has 3 rings (SSSR count). The Balaban J connectivity index is 1.42. The highest BCUT2D eigenvalue weighted by molar-refractivity contribution is 5.95. The van der Waals surface area contributed by atoms with Gasteiger partial charge < -0.3 is 24.4 Å². The molecule has 0 saturated carbocycles. The van der Waals surface area contributed by atoms with Crippen molar-refractivity contribution in [1.82, 2.24) is 10.2 Å². The second-order valence-corrected chi connectivity index (χ2v) is 8.14. The molecule has 32 heavy (non-hydrogen) atoms. The summed E-state index contributed by atoms with van der Waals surface area (Å²) in [6.07, 6.45) is 1.69. The first-order valence-electron chi connectivity index (χ1n) is 10.9. The van der Waals surface area contributed by atoms with Crippen LogP contribution in [-0.4, -0.2) is 57.2 Å². The Morgan fingerprint density at radius 3 is 2.34 bits per heavy atom. The van der Waals surface area contributed by atoms with Crippen LogP contribution in [0.2, 0.25) is 0 Å². The van der Waals surface area contributed by atoms with E-state index in [0.717, 1.165) is 18.4 Å². The number of methoxy groups -OCH3 is 2. The van der Waals surface area contributed by atoms with Gasteiger partial charge in [0.1, 0.15) is 5.75 Å². The van der Waals surface area contributed by atoms with E-state index in [4.69, 9.17) is 14.2 Å². The molecular weight excluding hydrogens is 408 g/mol. The van der Waals surface area contributed by atoms with Crippen LogP contribution in [0, 0.1) is 19.8 Å². The van der Waals surface area contributed by atoms with Crippen LogP contribution in [-0.2, 0) is 4.79 Å². The van der Waals surface area contributed by atoms with E-state index in [9.17, 15) is 9.59 Å². The van der Waals surface area contributed by atoms with Crippen molar-refractivity contribution in [2.75, 3.05) is 40.5 Å². The van der Waals surface area contributed by atoms with Crippen LogP contribution in [0.5, 0.6) is 17.2 Å². The number of nitrogens with zero attached hydrogens (tertiary/aromatic N) is 1. The maximum atomic E-state index is 12.8. The average Bonchev–Trinajstić information content (AvgIpc) is 2.82. The van der Waals surface area contributed by atoms with E-state index in [-0.39, 0.29) is 18.4 Å². The summed E-state index contributed by atoms with van der Waals surface area (Å²) in [7, 11) is 3.12. The molecule has 1 fully saturated rings. The number of aryl methyl sites for hydroxylation is 2. The van der Waals surface area contributed by atoms with Crippen molar-refractivity contribution >= 4 is 11.8 Å². The third kappa shape index (κ3) is 5.93. The Morgan fingerprint density at radius 2 is 1.69 bits per heavy atom. The summed E-state index contributed by atoms with van der Waals surface area (Å²) < 4.78 is 16.1. The number of hydrogen-bond donors (Lipinski definition) is 1. The molecule has 0 atom stereocenters. The Kier molecular flexibility index (Phi) is 7.98. The number of nitrogens with one attached hydrogen (secondary N) is 1. The number of ether oxygens (including phenoxy) is 3. The van der Waals surface area contributed by atoms with Crippen LogP contribution in [0.15, 0.2) is 36.4 Å². The number of benzene rings is 2. The predicted octanol–water partition coefficient (Wildman–Crippen LogP) is 3.37. The molecule has 0 spiro atoms. The van der Waals surface area contributed by atoms with Gasteiger partial charge in [0.15, 0.2) is 18.1 Å². The third-order valence-corrected chi connectivity index (χ3v) is 5.97. The predicted molar refractivity (Wildman–Crippen MR) is 123 cm³/mol. The standard InChI is InChI=1S/C25H32N2O5/c1-17-5-7-21(13-18(17)2)32-16-24(28)26-15-19-9-11-27(12-10-19)25(29)20-6-8-22(30-3)23(14-20)31-4/h5-8,13-14,19H,9-12,15-16H2,1-4H3,(H,26,28). The Hall–Kier alpha value is -3.22. The van der Waals surface area contributed by atoms with Gasteiger partial charge in [0.25, 0.3) is 11.8 Å². The number of carbonyl (C=O) groups excluding carboxylic acids is 2. The molecular formula is C25H32N2O5. The maximum Gasteiger partial charge on any atom is 0.257 e. The monoisotopic (exact) mass is 440 g/mol. The van der Waals surface area contributed by atoms with Crippen LogP contribution < -0.4 is 19.5 Å². The highest BCUT2D eigenvalue weighted by Gasteiger charge is 2.24. The SMILES string of the molecule is COc1ccc(C(=O)N2CCC(CNC(=O)COc3ccc(C)c(C)c3)CC2)cc1OC. The lowest BCUT2D eigenvalue weighted by atomic mass is 9.96. The molecule has 0 aliphatic carbocycles. The summed E-state index contributed by atoms with van der Waals surface area (Å²) in [6.45, 7) is 5.97. The normalized spacial score (nSPS) is 14.1. The number of hydrogen-bond acceptors (Lipinski definition) is 5. The van der Waals surface area contributed by atoms with Crippen molar-refractivity contribution in [2.24, 2.45) is 5.92 Å². The van der Waals surface area contributed by atoms with Crippen LogP contribution in [0.1, 0.15) is 34.3 Å². The van der Waals surface area contributed by atoms with Gasteiger partial charge in [-0.2, -0.15) is 0 Å². The number of piperidine rings is 1. The average molecular weight is 441 g/mol.